The molecule has 104 valence electrons. The molecule has 0 saturated carbocycles. The number of aromatic nitrogens is 4. The molecule has 0 aliphatic heterocycles. The predicted octanol–water partition coefficient (Wildman–Crippen LogP) is 0.936. The molecule has 0 aliphatic carbocycles. The van der Waals surface area contributed by atoms with E-state index in [1.165, 1.54) is 4.80 Å². The normalized spacial score (nSPS) is 13.8. The van der Waals surface area contributed by atoms with Gasteiger partial charge < -0.3 is 10.1 Å². The lowest BCUT2D eigenvalue weighted by atomic mass is 9.86. The first-order valence-electron chi connectivity index (χ1n) is 6.63. The maximum absolute atomic E-state index is 5.78. The minimum absolute atomic E-state index is 0.171. The zero-order valence-corrected chi connectivity index (χ0v) is 12.1. The highest BCUT2D eigenvalue weighted by atomic mass is 16.5. The van der Waals surface area contributed by atoms with Crippen LogP contribution in [-0.2, 0) is 18.2 Å². The lowest BCUT2D eigenvalue weighted by molar-refractivity contribution is -0.0473. The molecule has 1 heterocycles. The molecule has 0 radical (unpaired) electrons. The van der Waals surface area contributed by atoms with E-state index in [2.05, 4.69) is 41.5 Å². The van der Waals surface area contributed by atoms with E-state index in [4.69, 9.17) is 4.74 Å². The second kappa shape index (κ2) is 6.80. The van der Waals surface area contributed by atoms with E-state index in [-0.39, 0.29) is 11.6 Å². The highest BCUT2D eigenvalue weighted by Crippen LogP contribution is 2.25. The topological polar surface area (TPSA) is 64.9 Å². The molecular weight excluding hydrogens is 230 g/mol. The van der Waals surface area contributed by atoms with Crippen molar-refractivity contribution < 1.29 is 4.74 Å². The van der Waals surface area contributed by atoms with Gasteiger partial charge in [0.2, 0.25) is 0 Å². The van der Waals surface area contributed by atoms with Crippen molar-refractivity contribution in [3.63, 3.8) is 0 Å². The van der Waals surface area contributed by atoms with Gasteiger partial charge in [-0.2, -0.15) is 4.80 Å². The lowest BCUT2D eigenvalue weighted by Gasteiger charge is -2.38. The summed E-state index contributed by atoms with van der Waals surface area (Å²) in [5.74, 6) is 0.756. The number of aryl methyl sites for hydroxylation is 1. The largest absolute Gasteiger partial charge is 0.377 e. The van der Waals surface area contributed by atoms with Crippen molar-refractivity contribution in [2.24, 2.45) is 7.05 Å². The Kier molecular flexibility index (Phi) is 5.68. The SMILES string of the molecule is CCNC(Cc1nnn(C)n1)C(CC)(CC)OC. The zero-order valence-electron chi connectivity index (χ0n) is 12.1. The van der Waals surface area contributed by atoms with E-state index in [0.29, 0.717) is 0 Å². The first-order valence-corrected chi connectivity index (χ1v) is 6.63. The number of likely N-dealkylation sites (N-methyl/N-ethyl adjacent to an activating group) is 1. The van der Waals surface area contributed by atoms with Crippen LogP contribution >= 0.6 is 0 Å². The van der Waals surface area contributed by atoms with Crippen molar-refractivity contribution in [1.29, 1.82) is 0 Å². The van der Waals surface area contributed by atoms with Gasteiger partial charge in [0.1, 0.15) is 0 Å². The monoisotopic (exact) mass is 255 g/mol. The van der Waals surface area contributed by atoms with Crippen LogP contribution in [0, 0.1) is 0 Å². The number of hydrogen-bond acceptors (Lipinski definition) is 5. The third-order valence-corrected chi connectivity index (χ3v) is 3.63. The summed E-state index contributed by atoms with van der Waals surface area (Å²) in [5, 5.41) is 15.7. The Hall–Kier alpha value is -1.01. The van der Waals surface area contributed by atoms with Crippen LogP contribution in [0.3, 0.4) is 0 Å². The van der Waals surface area contributed by atoms with Gasteiger partial charge in [-0.15, -0.1) is 10.2 Å². The summed E-state index contributed by atoms with van der Waals surface area (Å²) in [6.07, 6.45) is 2.65. The molecule has 6 heteroatoms. The van der Waals surface area contributed by atoms with E-state index < -0.39 is 0 Å². The lowest BCUT2D eigenvalue weighted by Crippen LogP contribution is -2.52. The highest BCUT2D eigenvalue weighted by molar-refractivity contribution is 4.97. The maximum atomic E-state index is 5.78. The summed E-state index contributed by atoms with van der Waals surface area (Å²) in [6, 6.07) is 0.201. The number of nitrogens with one attached hydrogen (secondary N) is 1. The van der Waals surface area contributed by atoms with Crippen molar-refractivity contribution in [2.45, 2.75) is 51.7 Å². The molecule has 0 amide bonds. The van der Waals surface area contributed by atoms with Crippen LogP contribution < -0.4 is 5.32 Å². The molecule has 1 aromatic rings. The van der Waals surface area contributed by atoms with Crippen LogP contribution in [0.4, 0.5) is 0 Å². The smallest absolute Gasteiger partial charge is 0.176 e. The Morgan fingerprint density at radius 2 is 2.00 bits per heavy atom. The van der Waals surface area contributed by atoms with Gasteiger partial charge in [0, 0.05) is 19.6 Å². The second-order valence-electron chi connectivity index (χ2n) is 4.49. The fraction of sp³-hybridized carbons (Fsp3) is 0.917. The Balaban J connectivity index is 2.86. The Morgan fingerprint density at radius 1 is 1.33 bits per heavy atom. The summed E-state index contributed by atoms with van der Waals surface area (Å²) in [5.41, 5.74) is -0.171. The van der Waals surface area contributed by atoms with Crippen molar-refractivity contribution in [2.75, 3.05) is 13.7 Å². The highest BCUT2D eigenvalue weighted by Gasteiger charge is 2.36. The van der Waals surface area contributed by atoms with Crippen LogP contribution in [0.25, 0.3) is 0 Å². The Bertz CT molecular complexity index is 340. The number of tetrazole rings is 1. The fourth-order valence-electron chi connectivity index (χ4n) is 2.45. The molecule has 1 N–H and O–H groups in total. The van der Waals surface area contributed by atoms with Gasteiger partial charge in [0.15, 0.2) is 5.82 Å². The van der Waals surface area contributed by atoms with Crippen LogP contribution in [0.5, 0.6) is 0 Å². The fourth-order valence-corrected chi connectivity index (χ4v) is 2.45. The average Bonchev–Trinajstić information content (AvgIpc) is 2.78. The number of methoxy groups -OCH3 is 1. The molecular formula is C12H25N5O. The van der Waals surface area contributed by atoms with Crippen molar-refractivity contribution in [3.8, 4) is 0 Å². The summed E-state index contributed by atoms with van der Waals surface area (Å²) >= 11 is 0. The average molecular weight is 255 g/mol. The standard InChI is InChI=1S/C12H25N5O/c1-6-12(7-2,18-5)10(13-8-3)9-11-14-16-17(4)15-11/h10,13H,6-9H2,1-5H3. The molecule has 0 aliphatic rings. The molecule has 0 fully saturated rings. The molecule has 18 heavy (non-hydrogen) atoms. The van der Waals surface area contributed by atoms with Gasteiger partial charge in [-0.05, 0) is 24.6 Å². The minimum atomic E-state index is -0.171. The number of ether oxygens (including phenoxy) is 1. The summed E-state index contributed by atoms with van der Waals surface area (Å²) in [4.78, 5) is 1.49. The van der Waals surface area contributed by atoms with Gasteiger partial charge in [-0.3, -0.25) is 0 Å². The van der Waals surface area contributed by atoms with E-state index in [0.717, 1.165) is 31.6 Å². The summed E-state index contributed by atoms with van der Waals surface area (Å²) < 4.78 is 5.78. The molecule has 1 aromatic heterocycles. The number of nitrogens with zero attached hydrogens (tertiary/aromatic N) is 4. The van der Waals surface area contributed by atoms with Crippen molar-refractivity contribution in [3.05, 3.63) is 5.82 Å². The van der Waals surface area contributed by atoms with Gasteiger partial charge in [0.05, 0.1) is 12.6 Å². The maximum Gasteiger partial charge on any atom is 0.176 e. The van der Waals surface area contributed by atoms with Crippen LogP contribution in [0.1, 0.15) is 39.4 Å². The van der Waals surface area contributed by atoms with Crippen molar-refractivity contribution in [1.82, 2.24) is 25.5 Å². The van der Waals surface area contributed by atoms with Gasteiger partial charge >= 0.3 is 0 Å². The van der Waals surface area contributed by atoms with Crippen LogP contribution in [0.2, 0.25) is 0 Å². The summed E-state index contributed by atoms with van der Waals surface area (Å²) in [7, 11) is 3.56. The molecule has 1 atom stereocenters. The van der Waals surface area contributed by atoms with Crippen LogP contribution in [0.15, 0.2) is 0 Å². The van der Waals surface area contributed by atoms with Crippen LogP contribution in [-0.4, -0.2) is 45.5 Å². The van der Waals surface area contributed by atoms with Gasteiger partial charge in [0.25, 0.3) is 0 Å². The first kappa shape index (κ1) is 15.0. The number of rotatable bonds is 8. The predicted molar refractivity (Wildman–Crippen MR) is 70.3 cm³/mol. The molecule has 1 rings (SSSR count). The van der Waals surface area contributed by atoms with Gasteiger partial charge in [-0.1, -0.05) is 20.8 Å². The summed E-state index contributed by atoms with van der Waals surface area (Å²) in [6.45, 7) is 7.31. The third-order valence-electron chi connectivity index (χ3n) is 3.63. The Labute approximate surface area is 109 Å². The van der Waals surface area contributed by atoms with E-state index in [1.54, 1.807) is 14.2 Å². The van der Waals surface area contributed by atoms with Crippen molar-refractivity contribution >= 4 is 0 Å². The molecule has 0 bridgehead atoms. The third kappa shape index (κ3) is 3.26. The Morgan fingerprint density at radius 3 is 2.39 bits per heavy atom. The van der Waals surface area contributed by atoms with E-state index >= 15 is 0 Å². The van der Waals surface area contributed by atoms with E-state index in [9.17, 15) is 0 Å². The second-order valence-corrected chi connectivity index (χ2v) is 4.49. The first-order chi connectivity index (χ1) is 8.61. The molecule has 0 spiro atoms. The molecule has 0 saturated heterocycles. The quantitative estimate of drug-likeness (QED) is 0.749. The minimum Gasteiger partial charge on any atom is -0.377 e. The molecule has 6 nitrogen and oxygen atoms in total. The number of hydrogen-bond donors (Lipinski definition) is 1. The molecule has 1 unspecified atom stereocenters. The van der Waals surface area contributed by atoms with E-state index in [1.807, 2.05) is 0 Å². The molecule has 0 aromatic carbocycles. The van der Waals surface area contributed by atoms with Gasteiger partial charge in [-0.25, -0.2) is 0 Å². The zero-order chi connectivity index (χ0) is 13.6.